The van der Waals surface area contributed by atoms with Gasteiger partial charge in [0.25, 0.3) is 0 Å². The first-order valence-corrected chi connectivity index (χ1v) is 13.0. The highest BCUT2D eigenvalue weighted by Gasteiger charge is 2.36. The van der Waals surface area contributed by atoms with Gasteiger partial charge in [0.15, 0.2) is 8.32 Å². The average molecular weight is 384 g/mol. The predicted molar refractivity (Wildman–Crippen MR) is 115 cm³/mol. The minimum Gasteiger partial charge on any atom is -0.417 e. The van der Waals surface area contributed by atoms with Gasteiger partial charge in [0.05, 0.1) is 11.6 Å². The van der Waals surface area contributed by atoms with Gasteiger partial charge in [-0.3, -0.25) is 0 Å². The molecular weight excluding hydrogens is 354 g/mol. The smallest absolute Gasteiger partial charge is 0.191 e. The minimum atomic E-state index is -1.66. The number of hydrogen-bond acceptors (Lipinski definition) is 3. The van der Waals surface area contributed by atoms with Gasteiger partial charge in [-0.1, -0.05) is 57.2 Å². The molecule has 0 amide bonds. The van der Waals surface area contributed by atoms with Crippen LogP contribution in [0.2, 0.25) is 18.1 Å². The summed E-state index contributed by atoms with van der Waals surface area (Å²) < 4.78 is 6.26. The van der Waals surface area contributed by atoms with Crippen molar-refractivity contribution in [2.75, 3.05) is 12.4 Å². The molecule has 26 heavy (non-hydrogen) atoms. The molecule has 0 aliphatic rings. The molecule has 2 nitrogen and oxygen atoms in total. The van der Waals surface area contributed by atoms with Crippen LogP contribution in [0.1, 0.15) is 32.8 Å². The monoisotopic (exact) mass is 383 g/mol. The molecule has 0 aromatic heterocycles. The van der Waals surface area contributed by atoms with E-state index in [0.717, 1.165) is 18.8 Å². The van der Waals surface area contributed by atoms with Gasteiger partial charge in [0.1, 0.15) is 0 Å². The molecule has 138 valence electrons. The van der Waals surface area contributed by atoms with Crippen LogP contribution >= 0.6 is 11.8 Å². The third-order valence-electron chi connectivity index (χ3n) is 5.01. The summed E-state index contributed by atoms with van der Waals surface area (Å²) in [6.07, 6.45) is 1.02. The Morgan fingerprint density at radius 1 is 1.08 bits per heavy atom. The SMILES string of the molecule is CC(C)(C)[Si](C)(C)OCCCSc1cc(C#N)ccc1-c1ccccc1. The lowest BCUT2D eigenvalue weighted by Crippen LogP contribution is -2.41. The molecule has 2 aromatic carbocycles. The maximum absolute atomic E-state index is 9.22. The van der Waals surface area contributed by atoms with E-state index in [9.17, 15) is 5.26 Å². The van der Waals surface area contributed by atoms with E-state index in [4.69, 9.17) is 4.43 Å². The molecule has 0 unspecified atom stereocenters. The van der Waals surface area contributed by atoms with Crippen molar-refractivity contribution in [3.05, 3.63) is 54.1 Å². The fourth-order valence-corrected chi connectivity index (χ4v) is 4.47. The Hall–Kier alpha value is -1.54. The maximum atomic E-state index is 9.22. The zero-order valence-electron chi connectivity index (χ0n) is 16.5. The summed E-state index contributed by atoms with van der Waals surface area (Å²) in [4.78, 5) is 1.17. The van der Waals surface area contributed by atoms with Gasteiger partial charge in [0, 0.05) is 17.3 Å². The number of nitrogens with zero attached hydrogens (tertiary/aromatic N) is 1. The Morgan fingerprint density at radius 3 is 2.38 bits per heavy atom. The van der Waals surface area contributed by atoms with Gasteiger partial charge >= 0.3 is 0 Å². The van der Waals surface area contributed by atoms with Crippen molar-refractivity contribution in [3.63, 3.8) is 0 Å². The molecule has 0 saturated heterocycles. The zero-order chi connectivity index (χ0) is 19.2. The summed E-state index contributed by atoms with van der Waals surface area (Å²) in [5, 5.41) is 9.48. The van der Waals surface area contributed by atoms with E-state index in [0.29, 0.717) is 5.56 Å². The predicted octanol–water partition coefficient (Wildman–Crippen LogP) is 6.73. The molecular formula is C22H29NOSSi. The molecule has 0 saturated carbocycles. The Balaban J connectivity index is 2.00. The first-order valence-electron chi connectivity index (χ1n) is 9.11. The van der Waals surface area contributed by atoms with Gasteiger partial charge in [-0.15, -0.1) is 11.8 Å². The standard InChI is InChI=1S/C22H29NOSSi/c1-22(2,3)26(4,5)24-14-9-15-25-21-16-18(17-23)12-13-20(21)19-10-7-6-8-11-19/h6-8,10-13,16H,9,14-15H2,1-5H3. The van der Waals surface area contributed by atoms with E-state index in [1.165, 1.54) is 16.0 Å². The lowest BCUT2D eigenvalue weighted by Gasteiger charge is -2.36. The largest absolute Gasteiger partial charge is 0.417 e. The van der Waals surface area contributed by atoms with Gasteiger partial charge in [-0.05, 0) is 47.8 Å². The van der Waals surface area contributed by atoms with Crippen molar-refractivity contribution in [3.8, 4) is 17.2 Å². The zero-order valence-corrected chi connectivity index (χ0v) is 18.3. The van der Waals surface area contributed by atoms with Crippen molar-refractivity contribution < 1.29 is 4.43 Å². The van der Waals surface area contributed by atoms with Crippen LogP contribution in [0.4, 0.5) is 0 Å². The number of benzene rings is 2. The summed E-state index contributed by atoms with van der Waals surface area (Å²) >= 11 is 1.81. The second-order valence-electron chi connectivity index (χ2n) is 8.00. The third-order valence-corrected chi connectivity index (χ3v) is 10.7. The summed E-state index contributed by atoms with van der Waals surface area (Å²) in [5.41, 5.74) is 3.10. The van der Waals surface area contributed by atoms with Crippen LogP contribution in [-0.4, -0.2) is 20.7 Å². The van der Waals surface area contributed by atoms with Gasteiger partial charge < -0.3 is 4.43 Å². The normalized spacial score (nSPS) is 12.0. The Morgan fingerprint density at radius 2 is 1.77 bits per heavy atom. The highest BCUT2D eigenvalue weighted by molar-refractivity contribution is 7.99. The molecule has 0 atom stereocenters. The minimum absolute atomic E-state index is 0.252. The summed E-state index contributed by atoms with van der Waals surface area (Å²) in [7, 11) is -1.66. The quantitative estimate of drug-likeness (QED) is 0.302. The van der Waals surface area contributed by atoms with E-state index in [-0.39, 0.29) is 5.04 Å². The van der Waals surface area contributed by atoms with Crippen LogP contribution in [0, 0.1) is 11.3 Å². The van der Waals surface area contributed by atoms with Gasteiger partial charge in [0.2, 0.25) is 0 Å². The van der Waals surface area contributed by atoms with Crippen LogP contribution in [0.15, 0.2) is 53.4 Å². The first kappa shape index (κ1) is 20.8. The molecule has 4 heteroatoms. The van der Waals surface area contributed by atoms with Gasteiger partial charge in [-0.25, -0.2) is 0 Å². The van der Waals surface area contributed by atoms with Crippen LogP contribution in [0.25, 0.3) is 11.1 Å². The highest BCUT2D eigenvalue weighted by Crippen LogP contribution is 2.37. The Kier molecular flexibility index (Phi) is 7.11. The summed E-state index contributed by atoms with van der Waals surface area (Å²) in [5.74, 6) is 0.989. The molecule has 0 aliphatic heterocycles. The van der Waals surface area contributed by atoms with E-state index in [2.05, 4.69) is 70.3 Å². The molecule has 0 heterocycles. The van der Waals surface area contributed by atoms with Crippen molar-refractivity contribution in [1.29, 1.82) is 5.26 Å². The van der Waals surface area contributed by atoms with Crippen LogP contribution in [-0.2, 0) is 4.43 Å². The highest BCUT2D eigenvalue weighted by atomic mass is 32.2. The topological polar surface area (TPSA) is 33.0 Å². The second kappa shape index (κ2) is 8.90. The van der Waals surface area contributed by atoms with Crippen LogP contribution < -0.4 is 0 Å². The van der Waals surface area contributed by atoms with Crippen molar-refractivity contribution in [2.45, 2.75) is 50.2 Å². The van der Waals surface area contributed by atoms with Crippen LogP contribution in [0.5, 0.6) is 0 Å². The molecule has 0 aliphatic carbocycles. The van der Waals surface area contributed by atoms with E-state index in [1.807, 2.05) is 30.0 Å². The fraction of sp³-hybridized carbons (Fsp3) is 0.409. The Bertz CT molecular complexity index is 760. The summed E-state index contributed by atoms with van der Waals surface area (Å²) in [6, 6.07) is 18.6. The summed E-state index contributed by atoms with van der Waals surface area (Å²) in [6.45, 7) is 12.2. The third kappa shape index (κ3) is 5.47. The number of hydrogen-bond donors (Lipinski definition) is 0. The van der Waals surface area contributed by atoms with E-state index < -0.39 is 8.32 Å². The van der Waals surface area contributed by atoms with Gasteiger partial charge in [-0.2, -0.15) is 5.26 Å². The number of rotatable bonds is 7. The number of nitriles is 1. The first-order chi connectivity index (χ1) is 12.2. The maximum Gasteiger partial charge on any atom is 0.191 e. The van der Waals surface area contributed by atoms with Crippen molar-refractivity contribution >= 4 is 20.1 Å². The lowest BCUT2D eigenvalue weighted by molar-refractivity contribution is 0.289. The molecule has 2 rings (SSSR count). The van der Waals surface area contributed by atoms with Crippen molar-refractivity contribution in [2.24, 2.45) is 0 Å². The Labute approximate surface area is 163 Å². The second-order valence-corrected chi connectivity index (χ2v) is 13.9. The van der Waals surface area contributed by atoms with E-state index >= 15 is 0 Å². The molecule has 0 N–H and O–H groups in total. The molecule has 0 fully saturated rings. The molecule has 0 radical (unpaired) electrons. The molecule has 2 aromatic rings. The average Bonchev–Trinajstić information content (AvgIpc) is 2.61. The lowest BCUT2D eigenvalue weighted by atomic mass is 10.0. The number of thioether (sulfide) groups is 1. The fourth-order valence-electron chi connectivity index (χ4n) is 2.35. The molecule has 0 spiro atoms. The van der Waals surface area contributed by atoms with E-state index in [1.54, 1.807) is 0 Å². The van der Waals surface area contributed by atoms with Crippen LogP contribution in [0.3, 0.4) is 0 Å². The van der Waals surface area contributed by atoms with Crippen molar-refractivity contribution in [1.82, 2.24) is 0 Å². The molecule has 0 bridgehead atoms.